The summed E-state index contributed by atoms with van der Waals surface area (Å²) >= 11 is 1.03. The van der Waals surface area contributed by atoms with E-state index in [1.54, 1.807) is 0 Å². The molecule has 3 aromatic carbocycles. The molecule has 0 radical (unpaired) electrons. The number of rotatable bonds is 8. The number of nitrogens with zero attached hydrogens (tertiary/aromatic N) is 4. The number of nitrogens with one attached hydrogen (secondary N) is 2. The first-order chi connectivity index (χ1) is 17.2. The first-order valence-electron chi connectivity index (χ1n) is 10.5. The average molecular weight is 516 g/mol. The molecule has 36 heavy (non-hydrogen) atoms. The van der Waals surface area contributed by atoms with Crippen LogP contribution in [0.1, 0.15) is 12.5 Å². The number of aromatic nitrogens is 3. The van der Waals surface area contributed by atoms with E-state index in [0.717, 1.165) is 40.2 Å². The fraction of sp³-hybridized carbons (Fsp3) is 0.130. The molecule has 1 heterocycles. The molecule has 9 nitrogen and oxygen atoms in total. The van der Waals surface area contributed by atoms with E-state index in [2.05, 4.69) is 30.8 Å². The van der Waals surface area contributed by atoms with Gasteiger partial charge in [0, 0.05) is 5.69 Å². The third-order valence-corrected chi connectivity index (χ3v) is 5.80. The Morgan fingerprint density at radius 3 is 2.53 bits per heavy atom. The van der Waals surface area contributed by atoms with Gasteiger partial charge in [0.1, 0.15) is 5.75 Å². The van der Waals surface area contributed by atoms with Crippen LogP contribution in [0.3, 0.4) is 0 Å². The van der Waals surface area contributed by atoms with Gasteiger partial charge in [0.25, 0.3) is 5.95 Å². The van der Waals surface area contributed by atoms with Crippen molar-refractivity contribution >= 4 is 45.8 Å². The molecule has 0 fully saturated rings. The van der Waals surface area contributed by atoms with Crippen LogP contribution in [-0.2, 0) is 4.79 Å². The van der Waals surface area contributed by atoms with Crippen LogP contribution in [0.5, 0.6) is 5.75 Å². The number of hydrogen-bond acceptors (Lipinski definition) is 8. The van der Waals surface area contributed by atoms with Gasteiger partial charge >= 0.3 is 6.36 Å². The minimum atomic E-state index is -4.78. The maximum atomic E-state index is 12.2. The molecule has 0 bridgehead atoms. The molecule has 0 aliphatic rings. The minimum Gasteiger partial charge on any atom is -0.406 e. The number of hydrogen-bond donors (Lipinski definition) is 3. The number of amides is 1. The largest absolute Gasteiger partial charge is 0.573 e. The van der Waals surface area contributed by atoms with Crippen LogP contribution in [0, 0.1) is 0 Å². The van der Waals surface area contributed by atoms with Crippen LogP contribution in [0.25, 0.3) is 10.8 Å². The summed E-state index contributed by atoms with van der Waals surface area (Å²) in [4.78, 5) is 12.2. The number of benzene rings is 3. The first-order valence-corrected chi connectivity index (χ1v) is 11.4. The van der Waals surface area contributed by atoms with Crippen LogP contribution in [0.2, 0.25) is 0 Å². The van der Waals surface area contributed by atoms with Gasteiger partial charge in [-0.2, -0.15) is 5.10 Å². The van der Waals surface area contributed by atoms with E-state index in [0.29, 0.717) is 11.4 Å². The first kappa shape index (κ1) is 24.9. The summed E-state index contributed by atoms with van der Waals surface area (Å²) in [5.74, 6) is 5.33. The predicted molar refractivity (Wildman–Crippen MR) is 132 cm³/mol. The number of alkyl halides is 3. The van der Waals surface area contributed by atoms with E-state index in [1.807, 2.05) is 49.4 Å². The molecule has 1 aromatic heterocycles. The molecule has 0 aliphatic heterocycles. The van der Waals surface area contributed by atoms with E-state index >= 15 is 0 Å². The molecule has 186 valence electrons. The highest BCUT2D eigenvalue weighted by Crippen LogP contribution is 2.24. The van der Waals surface area contributed by atoms with Crippen molar-refractivity contribution < 1.29 is 22.7 Å². The van der Waals surface area contributed by atoms with Gasteiger partial charge in [-0.3, -0.25) is 4.79 Å². The van der Waals surface area contributed by atoms with Crippen molar-refractivity contribution in [3.05, 3.63) is 72.3 Å². The van der Waals surface area contributed by atoms with Gasteiger partial charge in [0.2, 0.25) is 11.1 Å². The highest BCUT2D eigenvalue weighted by molar-refractivity contribution is 7.99. The molecule has 4 rings (SSSR count). The quantitative estimate of drug-likeness (QED) is 0.136. The fourth-order valence-corrected chi connectivity index (χ4v) is 3.79. The maximum Gasteiger partial charge on any atom is 0.573 e. The van der Waals surface area contributed by atoms with Crippen molar-refractivity contribution in [3.8, 4) is 5.75 Å². The molecule has 0 aliphatic carbocycles. The number of hydrazone groups is 1. The van der Waals surface area contributed by atoms with Gasteiger partial charge in [-0.05, 0) is 53.6 Å². The van der Waals surface area contributed by atoms with Crippen molar-refractivity contribution in [1.29, 1.82) is 0 Å². The molecule has 13 heteroatoms. The SMILES string of the molecule is C/C(=N\Nc1nnc(SCC(=O)Nc2ccc(OC(F)(F)F)cc2)n1N)c1ccc2ccccc2c1. The number of thioether (sulfide) groups is 1. The molecule has 0 spiro atoms. The Balaban J connectivity index is 1.31. The Morgan fingerprint density at radius 1 is 1.08 bits per heavy atom. The molecule has 4 N–H and O–H groups in total. The predicted octanol–water partition coefficient (Wildman–Crippen LogP) is 4.61. The monoisotopic (exact) mass is 515 g/mol. The number of ether oxygens (including phenoxy) is 1. The van der Waals surface area contributed by atoms with Crippen molar-refractivity contribution in [2.75, 3.05) is 22.3 Å². The molecule has 0 saturated carbocycles. The third kappa shape index (κ3) is 6.44. The van der Waals surface area contributed by atoms with E-state index in [4.69, 9.17) is 5.84 Å². The van der Waals surface area contributed by atoms with Gasteiger partial charge in [-0.1, -0.05) is 48.2 Å². The number of halogens is 3. The van der Waals surface area contributed by atoms with Crippen molar-refractivity contribution in [2.24, 2.45) is 5.10 Å². The summed E-state index contributed by atoms with van der Waals surface area (Å²) in [6.45, 7) is 1.84. The van der Waals surface area contributed by atoms with E-state index in [1.165, 1.54) is 16.8 Å². The zero-order valence-electron chi connectivity index (χ0n) is 18.8. The minimum absolute atomic E-state index is 0.0600. The van der Waals surface area contributed by atoms with E-state index in [9.17, 15) is 18.0 Å². The van der Waals surface area contributed by atoms with Crippen LogP contribution < -0.4 is 21.3 Å². The van der Waals surface area contributed by atoms with E-state index < -0.39 is 12.3 Å². The molecule has 0 saturated heterocycles. The second kappa shape index (κ2) is 10.6. The van der Waals surface area contributed by atoms with Crippen LogP contribution in [-0.4, -0.2) is 38.6 Å². The summed E-state index contributed by atoms with van der Waals surface area (Å²) in [6, 6.07) is 18.8. The second-order valence-electron chi connectivity index (χ2n) is 7.46. The summed E-state index contributed by atoms with van der Waals surface area (Å²) in [6.07, 6.45) is -4.78. The third-order valence-electron chi connectivity index (χ3n) is 4.86. The van der Waals surface area contributed by atoms with Gasteiger partial charge < -0.3 is 15.9 Å². The van der Waals surface area contributed by atoms with Gasteiger partial charge in [0.05, 0.1) is 11.5 Å². The van der Waals surface area contributed by atoms with Crippen molar-refractivity contribution in [2.45, 2.75) is 18.4 Å². The molecule has 0 unspecified atom stereocenters. The Morgan fingerprint density at radius 2 is 1.81 bits per heavy atom. The maximum absolute atomic E-state index is 12.2. The zero-order chi connectivity index (χ0) is 25.7. The lowest BCUT2D eigenvalue weighted by molar-refractivity contribution is -0.274. The Labute approximate surface area is 207 Å². The summed E-state index contributed by atoms with van der Waals surface area (Å²) < 4.78 is 41.7. The van der Waals surface area contributed by atoms with Gasteiger partial charge in [-0.25, -0.2) is 10.1 Å². The van der Waals surface area contributed by atoms with Crippen LogP contribution in [0.15, 0.2) is 77.0 Å². The van der Waals surface area contributed by atoms with Crippen LogP contribution >= 0.6 is 11.8 Å². The van der Waals surface area contributed by atoms with Crippen LogP contribution in [0.4, 0.5) is 24.8 Å². The zero-order valence-corrected chi connectivity index (χ0v) is 19.6. The molecule has 0 atom stereocenters. The number of nitrogens with two attached hydrogens (primary N) is 1. The topological polar surface area (TPSA) is 119 Å². The smallest absolute Gasteiger partial charge is 0.406 e. The number of carbonyl (C=O) groups excluding carboxylic acids is 1. The summed E-state index contributed by atoms with van der Waals surface area (Å²) in [5, 5.41) is 17.3. The molecule has 1 amide bonds. The Bertz CT molecular complexity index is 1410. The summed E-state index contributed by atoms with van der Waals surface area (Å²) in [5.41, 5.74) is 4.72. The van der Waals surface area contributed by atoms with E-state index in [-0.39, 0.29) is 22.6 Å². The normalized spacial score (nSPS) is 11.9. The second-order valence-corrected chi connectivity index (χ2v) is 8.40. The lowest BCUT2D eigenvalue weighted by Gasteiger charge is -2.10. The number of anilines is 2. The molecule has 4 aromatic rings. The number of carbonyl (C=O) groups is 1. The average Bonchev–Trinajstić information content (AvgIpc) is 3.20. The number of nitrogen functional groups attached to an aromatic ring is 1. The fourth-order valence-electron chi connectivity index (χ4n) is 3.13. The molecular weight excluding hydrogens is 495 g/mol. The Hall–Kier alpha value is -4.26. The van der Waals surface area contributed by atoms with Crippen molar-refractivity contribution in [1.82, 2.24) is 14.9 Å². The number of fused-ring (bicyclic) bond motifs is 1. The van der Waals surface area contributed by atoms with Gasteiger partial charge in [-0.15, -0.1) is 23.4 Å². The lowest BCUT2D eigenvalue weighted by atomic mass is 10.0. The van der Waals surface area contributed by atoms with Gasteiger partial charge in [0.15, 0.2) is 0 Å². The Kier molecular flexibility index (Phi) is 7.29. The summed E-state index contributed by atoms with van der Waals surface area (Å²) in [7, 11) is 0. The highest BCUT2D eigenvalue weighted by Gasteiger charge is 2.31. The molecular formula is C23H20F3N7O2S. The highest BCUT2D eigenvalue weighted by atomic mass is 32.2. The van der Waals surface area contributed by atoms with Crippen molar-refractivity contribution in [3.63, 3.8) is 0 Å². The lowest BCUT2D eigenvalue weighted by Crippen LogP contribution is -2.18. The standard InChI is InChI=1S/C23H20F3N7O2S/c1-14(16-7-6-15-4-2-3-5-17(15)12-16)29-30-21-31-32-22(33(21)27)36-13-20(34)28-18-8-10-19(11-9-18)35-23(24,25)26/h2-12H,13,27H2,1H3,(H,28,34)(H,30,31)/b29-14+.